The molecule has 2 aromatic carbocycles. The molecule has 26 heavy (non-hydrogen) atoms. The normalized spacial score (nSPS) is 10.6. The highest BCUT2D eigenvalue weighted by atomic mass is 79.9. The van der Waals surface area contributed by atoms with Crippen LogP contribution in [-0.2, 0) is 4.79 Å². The first-order valence-electron chi connectivity index (χ1n) is 8.33. The molecule has 7 heteroatoms. The molecule has 0 aliphatic heterocycles. The van der Waals surface area contributed by atoms with Gasteiger partial charge in [-0.25, -0.2) is 5.43 Å². The average molecular weight is 420 g/mol. The van der Waals surface area contributed by atoms with Gasteiger partial charge in [-0.1, -0.05) is 15.9 Å². The number of carbonyl (C=O) groups excluding carboxylic acids is 1. The fourth-order valence-electron chi connectivity index (χ4n) is 2.12. The van der Waals surface area contributed by atoms with Crippen molar-refractivity contribution in [3.8, 4) is 11.5 Å². The van der Waals surface area contributed by atoms with Crippen LogP contribution in [-0.4, -0.2) is 31.9 Å². The molecule has 0 spiro atoms. The molecule has 0 bridgehead atoms. The molecule has 0 unspecified atom stereocenters. The molecule has 2 N–H and O–H groups in total. The largest absolute Gasteiger partial charge is 0.494 e. The van der Waals surface area contributed by atoms with Gasteiger partial charge in [0.25, 0.3) is 5.91 Å². The van der Waals surface area contributed by atoms with Gasteiger partial charge in [0.05, 0.1) is 26.0 Å². The van der Waals surface area contributed by atoms with Crippen molar-refractivity contribution in [3.63, 3.8) is 0 Å². The fourth-order valence-corrected chi connectivity index (χ4v) is 2.39. The highest BCUT2D eigenvalue weighted by Crippen LogP contribution is 2.24. The van der Waals surface area contributed by atoms with Crippen molar-refractivity contribution in [2.24, 2.45) is 5.10 Å². The molecule has 0 saturated carbocycles. The molecule has 0 fully saturated rings. The summed E-state index contributed by atoms with van der Waals surface area (Å²) < 4.78 is 12.0. The maximum Gasteiger partial charge on any atom is 0.259 e. The van der Waals surface area contributed by atoms with E-state index in [0.717, 1.165) is 21.5 Å². The van der Waals surface area contributed by atoms with Crippen molar-refractivity contribution < 1.29 is 14.3 Å². The van der Waals surface area contributed by atoms with E-state index in [1.807, 2.05) is 56.3 Å². The lowest BCUT2D eigenvalue weighted by molar-refractivity contribution is -0.119. The van der Waals surface area contributed by atoms with Crippen LogP contribution in [0, 0.1) is 0 Å². The van der Waals surface area contributed by atoms with Gasteiger partial charge in [-0.3, -0.25) is 4.79 Å². The van der Waals surface area contributed by atoms with E-state index in [-0.39, 0.29) is 12.5 Å². The van der Waals surface area contributed by atoms with Gasteiger partial charge in [-0.2, -0.15) is 5.10 Å². The van der Waals surface area contributed by atoms with Crippen LogP contribution >= 0.6 is 15.9 Å². The number of benzene rings is 2. The summed E-state index contributed by atoms with van der Waals surface area (Å²) in [5.41, 5.74) is 4.11. The summed E-state index contributed by atoms with van der Waals surface area (Å²) in [5, 5.41) is 7.02. The number of hydrazone groups is 1. The zero-order chi connectivity index (χ0) is 18.8. The molecule has 0 atom stereocenters. The molecule has 2 rings (SSSR count). The van der Waals surface area contributed by atoms with Crippen LogP contribution in [0.4, 0.5) is 5.69 Å². The topological polar surface area (TPSA) is 72.0 Å². The Morgan fingerprint density at radius 1 is 1.12 bits per heavy atom. The van der Waals surface area contributed by atoms with E-state index in [2.05, 4.69) is 31.8 Å². The fraction of sp³-hybridized carbons (Fsp3) is 0.263. The lowest BCUT2D eigenvalue weighted by Crippen LogP contribution is -2.25. The number of amides is 1. The Kier molecular flexibility index (Phi) is 7.95. The quantitative estimate of drug-likeness (QED) is 0.478. The molecular formula is C19H22BrN3O3. The molecule has 0 saturated heterocycles. The third kappa shape index (κ3) is 6.40. The number of anilines is 1. The van der Waals surface area contributed by atoms with Crippen LogP contribution in [0.25, 0.3) is 0 Å². The molecule has 0 heterocycles. The maximum atomic E-state index is 11.9. The number of hydrogen-bond acceptors (Lipinski definition) is 5. The lowest BCUT2D eigenvalue weighted by Gasteiger charge is -2.10. The summed E-state index contributed by atoms with van der Waals surface area (Å²) in [7, 11) is 0. The summed E-state index contributed by atoms with van der Waals surface area (Å²) in [4.78, 5) is 11.9. The van der Waals surface area contributed by atoms with Crippen LogP contribution in [0.3, 0.4) is 0 Å². The average Bonchev–Trinajstić information content (AvgIpc) is 2.63. The number of carbonyl (C=O) groups is 1. The number of nitrogens with one attached hydrogen (secondary N) is 2. The summed E-state index contributed by atoms with van der Waals surface area (Å²) >= 11 is 3.37. The lowest BCUT2D eigenvalue weighted by atomic mass is 10.2. The van der Waals surface area contributed by atoms with E-state index in [9.17, 15) is 4.79 Å². The second kappa shape index (κ2) is 10.5. The van der Waals surface area contributed by atoms with E-state index in [1.54, 1.807) is 6.21 Å². The number of ether oxygens (including phenoxy) is 2. The SMILES string of the molecule is CCOc1ccc(/C=N\NC(=O)CNc2ccc(Br)cc2)c(OCC)c1. The van der Waals surface area contributed by atoms with Gasteiger partial charge in [0, 0.05) is 21.8 Å². The Morgan fingerprint density at radius 2 is 1.85 bits per heavy atom. The van der Waals surface area contributed by atoms with Gasteiger partial charge < -0.3 is 14.8 Å². The van der Waals surface area contributed by atoms with Crippen LogP contribution < -0.4 is 20.2 Å². The third-order valence-electron chi connectivity index (χ3n) is 3.29. The zero-order valence-corrected chi connectivity index (χ0v) is 16.4. The van der Waals surface area contributed by atoms with Crippen molar-refractivity contribution in [3.05, 3.63) is 52.5 Å². The third-order valence-corrected chi connectivity index (χ3v) is 3.81. The number of rotatable bonds is 9. The second-order valence-electron chi connectivity index (χ2n) is 5.22. The maximum absolute atomic E-state index is 11.9. The van der Waals surface area contributed by atoms with Crippen LogP contribution in [0.1, 0.15) is 19.4 Å². The van der Waals surface area contributed by atoms with Crippen molar-refractivity contribution >= 4 is 33.7 Å². The van der Waals surface area contributed by atoms with Crippen molar-refractivity contribution in [1.29, 1.82) is 0 Å². The smallest absolute Gasteiger partial charge is 0.259 e. The Balaban J connectivity index is 1.90. The first kappa shape index (κ1) is 19.8. The summed E-state index contributed by atoms with van der Waals surface area (Å²) in [6.45, 7) is 5.07. The zero-order valence-electron chi connectivity index (χ0n) is 14.8. The monoisotopic (exact) mass is 419 g/mol. The van der Waals surface area contributed by atoms with E-state index < -0.39 is 0 Å². The van der Waals surface area contributed by atoms with Gasteiger partial charge in [0.15, 0.2) is 0 Å². The van der Waals surface area contributed by atoms with Gasteiger partial charge >= 0.3 is 0 Å². The standard InChI is InChI=1S/C19H22BrN3O3/c1-3-25-17-10-5-14(18(11-17)26-4-2)12-22-23-19(24)13-21-16-8-6-15(20)7-9-16/h5-12,21H,3-4,13H2,1-2H3,(H,23,24)/b22-12-. The molecule has 0 aromatic heterocycles. The van der Waals surface area contributed by atoms with Gasteiger partial charge in [0.2, 0.25) is 0 Å². The molecule has 1 amide bonds. The van der Waals surface area contributed by atoms with E-state index in [1.165, 1.54) is 0 Å². The van der Waals surface area contributed by atoms with Gasteiger partial charge in [-0.15, -0.1) is 0 Å². The molecular weight excluding hydrogens is 398 g/mol. The molecule has 138 valence electrons. The van der Waals surface area contributed by atoms with Crippen LogP contribution in [0.15, 0.2) is 52.0 Å². The summed E-state index contributed by atoms with van der Waals surface area (Å²) in [5.74, 6) is 1.15. The molecule has 0 aliphatic rings. The summed E-state index contributed by atoms with van der Waals surface area (Å²) in [6, 6.07) is 13.1. The van der Waals surface area contributed by atoms with E-state index >= 15 is 0 Å². The molecule has 0 aliphatic carbocycles. The minimum Gasteiger partial charge on any atom is -0.494 e. The van der Waals surface area contributed by atoms with Crippen molar-refractivity contribution in [1.82, 2.24) is 5.43 Å². The van der Waals surface area contributed by atoms with Crippen LogP contribution in [0.5, 0.6) is 11.5 Å². The second-order valence-corrected chi connectivity index (χ2v) is 6.13. The highest BCUT2D eigenvalue weighted by Gasteiger charge is 2.05. The highest BCUT2D eigenvalue weighted by molar-refractivity contribution is 9.10. The van der Waals surface area contributed by atoms with Crippen LogP contribution in [0.2, 0.25) is 0 Å². The van der Waals surface area contributed by atoms with Gasteiger partial charge in [-0.05, 0) is 50.2 Å². The van der Waals surface area contributed by atoms with E-state index in [4.69, 9.17) is 9.47 Å². The van der Waals surface area contributed by atoms with Gasteiger partial charge in [0.1, 0.15) is 11.5 Å². The van der Waals surface area contributed by atoms with Crippen molar-refractivity contribution in [2.75, 3.05) is 25.1 Å². The first-order chi connectivity index (χ1) is 12.6. The number of nitrogens with zero attached hydrogens (tertiary/aromatic N) is 1. The summed E-state index contributed by atoms with van der Waals surface area (Å²) in [6.07, 6.45) is 1.55. The Hall–Kier alpha value is -2.54. The minimum atomic E-state index is -0.243. The molecule has 2 aromatic rings. The van der Waals surface area contributed by atoms with E-state index in [0.29, 0.717) is 19.0 Å². The first-order valence-corrected chi connectivity index (χ1v) is 9.12. The van der Waals surface area contributed by atoms with Crippen molar-refractivity contribution in [2.45, 2.75) is 13.8 Å². The molecule has 6 nitrogen and oxygen atoms in total. The Morgan fingerprint density at radius 3 is 2.54 bits per heavy atom. The Labute approximate surface area is 161 Å². The number of halogens is 1. The molecule has 0 radical (unpaired) electrons. The predicted octanol–water partition coefficient (Wildman–Crippen LogP) is 3.81. The predicted molar refractivity (Wildman–Crippen MR) is 107 cm³/mol. The Bertz CT molecular complexity index is 748. The number of hydrogen-bond donors (Lipinski definition) is 2. The minimum absolute atomic E-state index is 0.126.